The Bertz CT molecular complexity index is 167. The van der Waals surface area contributed by atoms with Gasteiger partial charge in [0.1, 0.15) is 0 Å². The third-order valence-electron chi connectivity index (χ3n) is 1.47. The van der Waals surface area contributed by atoms with Crippen LogP contribution in [0.4, 0.5) is 0 Å². The van der Waals surface area contributed by atoms with Crippen LogP contribution in [0.15, 0.2) is 30.3 Å². The maximum Gasteiger partial charge on any atom is 0 e. The van der Waals surface area contributed by atoms with Gasteiger partial charge in [-0.2, -0.15) is 0 Å². The van der Waals surface area contributed by atoms with Gasteiger partial charge in [-0.25, -0.2) is 0 Å². The first-order chi connectivity index (χ1) is 4.30. The van der Waals surface area contributed by atoms with E-state index >= 15 is 0 Å². The first-order valence-electron chi connectivity index (χ1n) is 3.35. The standard InChI is InChI=1S/C9H12.Li/c1-8(2)9-6-4-3-5-7-9;/h3-8H,1-2H3;. The van der Waals surface area contributed by atoms with Crippen molar-refractivity contribution < 1.29 is 0 Å². The molecule has 1 aromatic rings. The van der Waals surface area contributed by atoms with Gasteiger partial charge in [-0.3, -0.25) is 0 Å². The van der Waals surface area contributed by atoms with Crippen LogP contribution in [0, 0.1) is 0 Å². The van der Waals surface area contributed by atoms with Crippen molar-refractivity contribution in [2.45, 2.75) is 19.8 Å². The van der Waals surface area contributed by atoms with E-state index in [1.807, 2.05) is 6.07 Å². The summed E-state index contributed by atoms with van der Waals surface area (Å²) in [7, 11) is 0. The summed E-state index contributed by atoms with van der Waals surface area (Å²) in [5.41, 5.74) is 1.41. The fourth-order valence-electron chi connectivity index (χ4n) is 0.838. The molecular formula is C9H12Li. The van der Waals surface area contributed by atoms with Gasteiger partial charge in [0.2, 0.25) is 0 Å². The summed E-state index contributed by atoms with van der Waals surface area (Å²) in [5, 5.41) is 0. The minimum absolute atomic E-state index is 0. The van der Waals surface area contributed by atoms with Crippen molar-refractivity contribution in [3.63, 3.8) is 0 Å². The molecule has 1 heteroatoms. The maximum absolute atomic E-state index is 2.20. The smallest absolute Gasteiger partial charge is 0 e. The predicted octanol–water partition coefficient (Wildman–Crippen LogP) is 2.43. The Kier molecular flexibility index (Phi) is 4.52. The predicted molar refractivity (Wildman–Crippen MR) is 46.3 cm³/mol. The molecule has 0 bridgehead atoms. The van der Waals surface area contributed by atoms with Crippen LogP contribution in [0.1, 0.15) is 25.3 Å². The van der Waals surface area contributed by atoms with E-state index in [0.29, 0.717) is 5.92 Å². The quantitative estimate of drug-likeness (QED) is 0.508. The Morgan fingerprint density at radius 3 is 1.80 bits per heavy atom. The molecule has 0 fully saturated rings. The monoisotopic (exact) mass is 127 g/mol. The molecule has 0 aliphatic rings. The molecule has 0 N–H and O–H groups in total. The summed E-state index contributed by atoms with van der Waals surface area (Å²) in [6.07, 6.45) is 0. The van der Waals surface area contributed by atoms with Crippen molar-refractivity contribution in [2.75, 3.05) is 0 Å². The molecule has 49 valence electrons. The van der Waals surface area contributed by atoms with Crippen LogP contribution >= 0.6 is 0 Å². The average Bonchev–Trinajstić information content (AvgIpc) is 1.90. The summed E-state index contributed by atoms with van der Waals surface area (Å²) in [5.74, 6) is 0.659. The second-order valence-electron chi connectivity index (χ2n) is 2.57. The first kappa shape index (κ1) is 9.82. The Labute approximate surface area is 74.8 Å². The van der Waals surface area contributed by atoms with E-state index in [2.05, 4.69) is 38.1 Å². The fraction of sp³-hybridized carbons (Fsp3) is 0.333. The van der Waals surface area contributed by atoms with E-state index in [1.54, 1.807) is 0 Å². The van der Waals surface area contributed by atoms with Crippen LogP contribution in [0.25, 0.3) is 0 Å². The summed E-state index contributed by atoms with van der Waals surface area (Å²) in [6, 6.07) is 10.5. The van der Waals surface area contributed by atoms with E-state index in [4.69, 9.17) is 0 Å². The topological polar surface area (TPSA) is 0 Å². The van der Waals surface area contributed by atoms with E-state index in [0.717, 1.165) is 0 Å². The summed E-state index contributed by atoms with van der Waals surface area (Å²) in [4.78, 5) is 0. The molecule has 1 rings (SSSR count). The Balaban J connectivity index is 0.000000810. The molecule has 0 spiro atoms. The van der Waals surface area contributed by atoms with Crippen molar-refractivity contribution in [1.29, 1.82) is 0 Å². The molecule has 0 amide bonds. The Hall–Kier alpha value is -0.183. The van der Waals surface area contributed by atoms with E-state index < -0.39 is 0 Å². The molecule has 0 nitrogen and oxygen atoms in total. The van der Waals surface area contributed by atoms with Crippen molar-refractivity contribution >= 4 is 18.9 Å². The van der Waals surface area contributed by atoms with Crippen LogP contribution in [-0.2, 0) is 0 Å². The van der Waals surface area contributed by atoms with Crippen molar-refractivity contribution in [3.8, 4) is 0 Å². The second-order valence-corrected chi connectivity index (χ2v) is 2.57. The minimum Gasteiger partial charge on any atom is -0.0622 e. The minimum atomic E-state index is 0. The van der Waals surface area contributed by atoms with Gasteiger partial charge in [-0.1, -0.05) is 44.2 Å². The van der Waals surface area contributed by atoms with Crippen LogP contribution < -0.4 is 0 Å². The van der Waals surface area contributed by atoms with Crippen molar-refractivity contribution in [2.24, 2.45) is 0 Å². The summed E-state index contributed by atoms with van der Waals surface area (Å²) in [6.45, 7) is 4.41. The van der Waals surface area contributed by atoms with Gasteiger partial charge in [0.05, 0.1) is 0 Å². The van der Waals surface area contributed by atoms with Gasteiger partial charge in [0.25, 0.3) is 0 Å². The van der Waals surface area contributed by atoms with Gasteiger partial charge >= 0.3 is 0 Å². The molecular weight excluding hydrogens is 115 g/mol. The molecule has 0 aromatic heterocycles. The number of hydrogen-bond donors (Lipinski definition) is 0. The van der Waals surface area contributed by atoms with Crippen LogP contribution in [0.2, 0.25) is 0 Å². The first-order valence-corrected chi connectivity index (χ1v) is 3.35. The SMILES string of the molecule is CC(C)c1ccccc1.[Li]. The normalized spacial score (nSPS) is 9.10. The molecule has 0 saturated carbocycles. The van der Waals surface area contributed by atoms with E-state index in [-0.39, 0.29) is 18.9 Å². The molecule has 0 unspecified atom stereocenters. The molecule has 10 heavy (non-hydrogen) atoms. The maximum atomic E-state index is 2.20. The Morgan fingerprint density at radius 2 is 1.50 bits per heavy atom. The molecule has 0 aliphatic carbocycles. The molecule has 0 atom stereocenters. The molecule has 0 aliphatic heterocycles. The zero-order valence-corrected chi connectivity index (χ0v) is 6.96. The molecule has 1 radical (unpaired) electrons. The third-order valence-corrected chi connectivity index (χ3v) is 1.47. The number of rotatable bonds is 1. The van der Waals surface area contributed by atoms with E-state index in [9.17, 15) is 0 Å². The number of hydrogen-bond acceptors (Lipinski definition) is 0. The summed E-state index contributed by atoms with van der Waals surface area (Å²) >= 11 is 0. The molecule has 0 saturated heterocycles. The van der Waals surface area contributed by atoms with Gasteiger partial charge in [0.15, 0.2) is 0 Å². The van der Waals surface area contributed by atoms with Gasteiger partial charge in [-0.05, 0) is 11.5 Å². The zero-order valence-electron chi connectivity index (χ0n) is 6.96. The van der Waals surface area contributed by atoms with Crippen molar-refractivity contribution in [1.82, 2.24) is 0 Å². The van der Waals surface area contributed by atoms with Gasteiger partial charge in [-0.15, -0.1) is 0 Å². The van der Waals surface area contributed by atoms with Crippen LogP contribution in [-0.4, -0.2) is 18.9 Å². The molecule has 1 aromatic carbocycles. The fourth-order valence-corrected chi connectivity index (χ4v) is 0.838. The molecule has 0 heterocycles. The Morgan fingerprint density at radius 1 is 1.00 bits per heavy atom. The largest absolute Gasteiger partial charge is 0.0622 e. The third kappa shape index (κ3) is 2.60. The van der Waals surface area contributed by atoms with Gasteiger partial charge < -0.3 is 0 Å². The number of benzene rings is 1. The van der Waals surface area contributed by atoms with E-state index in [1.165, 1.54) is 5.56 Å². The average molecular weight is 127 g/mol. The zero-order chi connectivity index (χ0) is 6.69. The van der Waals surface area contributed by atoms with Crippen LogP contribution in [0.5, 0.6) is 0 Å². The second kappa shape index (κ2) is 4.60. The van der Waals surface area contributed by atoms with Crippen molar-refractivity contribution in [3.05, 3.63) is 35.9 Å². The summed E-state index contributed by atoms with van der Waals surface area (Å²) < 4.78 is 0. The van der Waals surface area contributed by atoms with Crippen LogP contribution in [0.3, 0.4) is 0 Å². The van der Waals surface area contributed by atoms with Gasteiger partial charge in [0, 0.05) is 18.9 Å².